The third-order valence-electron chi connectivity index (χ3n) is 3.19. The van der Waals surface area contributed by atoms with Crippen molar-refractivity contribution in [2.75, 3.05) is 30.9 Å². The van der Waals surface area contributed by atoms with Crippen molar-refractivity contribution in [1.29, 1.82) is 0 Å². The normalized spacial score (nSPS) is 12.6. The number of aryl methyl sites for hydroxylation is 1. The second-order valence-electron chi connectivity index (χ2n) is 5.23. The van der Waals surface area contributed by atoms with Crippen LogP contribution in [0.15, 0.2) is 6.07 Å². The second kappa shape index (κ2) is 7.56. The molecule has 2 heterocycles. The number of nitrogens with one attached hydrogen (secondary N) is 2. The van der Waals surface area contributed by atoms with E-state index in [1.807, 2.05) is 0 Å². The number of ether oxygens (including phenoxy) is 1. The van der Waals surface area contributed by atoms with Gasteiger partial charge in [0, 0.05) is 31.2 Å². The number of fused-ring (bicyclic) bond motifs is 1. The molecule has 1 atom stereocenters. The Balaban J connectivity index is 2.25. The summed E-state index contributed by atoms with van der Waals surface area (Å²) in [6, 6.07) is 2.46. The molecular formula is C15H24N4OS. The third kappa shape index (κ3) is 4.28. The minimum absolute atomic E-state index is 0.308. The number of hydrogen-bond donors (Lipinski definition) is 2. The van der Waals surface area contributed by atoms with Gasteiger partial charge in [-0.25, -0.2) is 4.98 Å². The van der Waals surface area contributed by atoms with Gasteiger partial charge in [0.15, 0.2) is 0 Å². The molecule has 0 fully saturated rings. The zero-order valence-corrected chi connectivity index (χ0v) is 14.0. The standard InChI is InChI=1S/C15H24N4OS/c1-5-7-16-15-18-13(17-10(2)6-8-20-4)12-9-11(3)21-14(12)19-15/h9-10H,5-8H2,1-4H3,(H2,16,17,18,19). The summed E-state index contributed by atoms with van der Waals surface area (Å²) in [5.41, 5.74) is 0. The van der Waals surface area contributed by atoms with Gasteiger partial charge in [0.2, 0.25) is 5.95 Å². The van der Waals surface area contributed by atoms with Crippen LogP contribution in [0.1, 0.15) is 31.6 Å². The van der Waals surface area contributed by atoms with Crippen LogP contribution in [0.4, 0.5) is 11.8 Å². The van der Waals surface area contributed by atoms with E-state index in [-0.39, 0.29) is 0 Å². The number of anilines is 2. The van der Waals surface area contributed by atoms with E-state index in [2.05, 4.69) is 47.4 Å². The fourth-order valence-corrected chi connectivity index (χ4v) is 2.95. The van der Waals surface area contributed by atoms with Gasteiger partial charge in [0.05, 0.1) is 5.39 Å². The van der Waals surface area contributed by atoms with E-state index in [0.29, 0.717) is 12.0 Å². The maximum atomic E-state index is 5.14. The van der Waals surface area contributed by atoms with Crippen molar-refractivity contribution in [1.82, 2.24) is 9.97 Å². The average molecular weight is 308 g/mol. The molecule has 0 amide bonds. The topological polar surface area (TPSA) is 59.1 Å². The van der Waals surface area contributed by atoms with Gasteiger partial charge in [0.1, 0.15) is 10.6 Å². The molecule has 0 bridgehead atoms. The quantitative estimate of drug-likeness (QED) is 0.779. The highest BCUT2D eigenvalue weighted by molar-refractivity contribution is 7.18. The fraction of sp³-hybridized carbons (Fsp3) is 0.600. The van der Waals surface area contributed by atoms with Crippen molar-refractivity contribution in [2.24, 2.45) is 0 Å². The largest absolute Gasteiger partial charge is 0.385 e. The van der Waals surface area contributed by atoms with Gasteiger partial charge in [0.25, 0.3) is 0 Å². The molecule has 116 valence electrons. The molecule has 0 spiro atoms. The predicted octanol–water partition coefficient (Wildman–Crippen LogP) is 3.66. The Morgan fingerprint density at radius 3 is 2.90 bits per heavy atom. The molecule has 0 aliphatic carbocycles. The van der Waals surface area contributed by atoms with E-state index in [4.69, 9.17) is 4.74 Å². The van der Waals surface area contributed by atoms with E-state index in [1.165, 1.54) is 4.88 Å². The molecule has 6 heteroatoms. The maximum Gasteiger partial charge on any atom is 0.226 e. The zero-order valence-electron chi connectivity index (χ0n) is 13.2. The van der Waals surface area contributed by atoms with Crippen molar-refractivity contribution in [3.8, 4) is 0 Å². The molecule has 5 nitrogen and oxygen atoms in total. The molecule has 0 aliphatic rings. The molecule has 0 saturated carbocycles. The van der Waals surface area contributed by atoms with Crippen molar-refractivity contribution < 1.29 is 4.74 Å². The highest BCUT2D eigenvalue weighted by Crippen LogP contribution is 2.30. The second-order valence-corrected chi connectivity index (χ2v) is 6.46. The maximum absolute atomic E-state index is 5.14. The molecule has 2 N–H and O–H groups in total. The van der Waals surface area contributed by atoms with Crippen LogP contribution in [-0.4, -0.2) is 36.3 Å². The van der Waals surface area contributed by atoms with Crippen molar-refractivity contribution in [2.45, 2.75) is 39.7 Å². The average Bonchev–Trinajstić information content (AvgIpc) is 2.83. The molecule has 0 aromatic carbocycles. The summed E-state index contributed by atoms with van der Waals surface area (Å²) in [5.74, 6) is 1.61. The van der Waals surface area contributed by atoms with Crippen LogP contribution in [0, 0.1) is 6.92 Å². The van der Waals surface area contributed by atoms with Crippen LogP contribution in [0.5, 0.6) is 0 Å². The van der Waals surface area contributed by atoms with Gasteiger partial charge in [-0.3, -0.25) is 0 Å². The molecule has 1 unspecified atom stereocenters. The highest BCUT2D eigenvalue weighted by Gasteiger charge is 2.12. The lowest BCUT2D eigenvalue weighted by Gasteiger charge is -2.15. The highest BCUT2D eigenvalue weighted by atomic mass is 32.1. The Morgan fingerprint density at radius 1 is 1.38 bits per heavy atom. The lowest BCUT2D eigenvalue weighted by Crippen LogP contribution is -2.18. The van der Waals surface area contributed by atoms with Crippen LogP contribution < -0.4 is 10.6 Å². The van der Waals surface area contributed by atoms with Crippen LogP contribution >= 0.6 is 11.3 Å². The van der Waals surface area contributed by atoms with Crippen LogP contribution in [0.3, 0.4) is 0 Å². The van der Waals surface area contributed by atoms with E-state index in [9.17, 15) is 0 Å². The molecule has 0 aliphatic heterocycles. The number of nitrogens with zero attached hydrogens (tertiary/aromatic N) is 2. The summed E-state index contributed by atoms with van der Waals surface area (Å²) in [6.07, 6.45) is 2.00. The monoisotopic (exact) mass is 308 g/mol. The number of thiophene rings is 1. The summed E-state index contributed by atoms with van der Waals surface area (Å²) < 4.78 is 5.14. The molecule has 2 aromatic rings. The first-order chi connectivity index (χ1) is 10.1. The minimum Gasteiger partial charge on any atom is -0.385 e. The van der Waals surface area contributed by atoms with Gasteiger partial charge in [-0.2, -0.15) is 4.98 Å². The van der Waals surface area contributed by atoms with Crippen molar-refractivity contribution >= 4 is 33.3 Å². The minimum atomic E-state index is 0.308. The Morgan fingerprint density at radius 2 is 2.19 bits per heavy atom. The molecule has 21 heavy (non-hydrogen) atoms. The number of aromatic nitrogens is 2. The molecule has 2 aromatic heterocycles. The van der Waals surface area contributed by atoms with Gasteiger partial charge in [-0.1, -0.05) is 6.92 Å². The smallest absolute Gasteiger partial charge is 0.226 e. The fourth-order valence-electron chi connectivity index (χ4n) is 2.07. The van der Waals surface area contributed by atoms with E-state index in [0.717, 1.165) is 42.0 Å². The Bertz CT molecular complexity index is 584. The predicted molar refractivity (Wildman–Crippen MR) is 90.5 cm³/mol. The molecule has 2 rings (SSSR count). The summed E-state index contributed by atoms with van der Waals surface area (Å²) in [7, 11) is 1.73. The lowest BCUT2D eigenvalue weighted by atomic mass is 10.2. The van der Waals surface area contributed by atoms with Crippen LogP contribution in [-0.2, 0) is 4.74 Å². The molecule has 0 saturated heterocycles. The molecule has 0 radical (unpaired) electrons. The SMILES string of the molecule is CCCNc1nc(NC(C)CCOC)c2cc(C)sc2n1. The summed E-state index contributed by atoms with van der Waals surface area (Å²) in [5, 5.41) is 7.86. The van der Waals surface area contributed by atoms with Gasteiger partial charge in [-0.05, 0) is 32.8 Å². The number of methoxy groups -OCH3 is 1. The zero-order chi connectivity index (χ0) is 15.2. The number of hydrogen-bond acceptors (Lipinski definition) is 6. The first-order valence-electron chi connectivity index (χ1n) is 7.41. The van der Waals surface area contributed by atoms with Gasteiger partial charge < -0.3 is 15.4 Å². The Hall–Kier alpha value is -1.40. The van der Waals surface area contributed by atoms with E-state index in [1.54, 1.807) is 18.4 Å². The van der Waals surface area contributed by atoms with Crippen LogP contribution in [0.2, 0.25) is 0 Å². The van der Waals surface area contributed by atoms with Crippen molar-refractivity contribution in [3.05, 3.63) is 10.9 Å². The van der Waals surface area contributed by atoms with Gasteiger partial charge >= 0.3 is 0 Å². The molecular weight excluding hydrogens is 284 g/mol. The third-order valence-corrected chi connectivity index (χ3v) is 4.13. The van der Waals surface area contributed by atoms with Gasteiger partial charge in [-0.15, -0.1) is 11.3 Å². The van der Waals surface area contributed by atoms with Crippen molar-refractivity contribution in [3.63, 3.8) is 0 Å². The Labute approximate surface area is 130 Å². The van der Waals surface area contributed by atoms with Crippen LogP contribution in [0.25, 0.3) is 10.2 Å². The summed E-state index contributed by atoms with van der Waals surface area (Å²) in [4.78, 5) is 11.5. The Kier molecular flexibility index (Phi) is 5.76. The first kappa shape index (κ1) is 16.0. The summed E-state index contributed by atoms with van der Waals surface area (Å²) in [6.45, 7) is 8.00. The number of rotatable bonds is 8. The summed E-state index contributed by atoms with van der Waals surface area (Å²) >= 11 is 1.70. The van der Waals surface area contributed by atoms with E-state index < -0.39 is 0 Å². The lowest BCUT2D eigenvalue weighted by molar-refractivity contribution is 0.191. The van der Waals surface area contributed by atoms with E-state index >= 15 is 0 Å². The first-order valence-corrected chi connectivity index (χ1v) is 8.23.